The molecule has 1 heterocycles. The molecule has 0 saturated carbocycles. The zero-order chi connectivity index (χ0) is 10.3. The number of rotatable bonds is 0. The van der Waals surface area contributed by atoms with Crippen molar-refractivity contribution in [2.45, 2.75) is 6.18 Å². The van der Waals surface area contributed by atoms with Crippen molar-refractivity contribution >= 4 is 27.2 Å². The van der Waals surface area contributed by atoms with Gasteiger partial charge in [-0.1, -0.05) is 0 Å². The van der Waals surface area contributed by atoms with Gasteiger partial charge in [-0.05, 0) is 18.2 Å². The van der Waals surface area contributed by atoms with E-state index in [9.17, 15) is 13.2 Å². The lowest BCUT2D eigenvalue weighted by Crippen LogP contribution is -2.03. The second-order valence-electron chi connectivity index (χ2n) is 2.74. The Kier molecular flexibility index (Phi) is 1.88. The summed E-state index contributed by atoms with van der Waals surface area (Å²) in [6, 6.07) is 4.53. The summed E-state index contributed by atoms with van der Waals surface area (Å²) in [5, 5.41) is -0.835. The molecule has 0 atom stereocenters. The quantitative estimate of drug-likeness (QED) is 0.690. The fourth-order valence-electron chi connectivity index (χ4n) is 1.07. The van der Waals surface area contributed by atoms with Crippen LogP contribution in [0.25, 0.3) is 10.2 Å². The summed E-state index contributed by atoms with van der Waals surface area (Å²) in [5.41, 5.74) is 6.13. The Morgan fingerprint density at radius 2 is 2.00 bits per heavy atom. The predicted molar refractivity (Wildman–Crippen MR) is 49.0 cm³/mol. The summed E-state index contributed by atoms with van der Waals surface area (Å²) < 4.78 is 37.2. The number of halogens is 3. The van der Waals surface area contributed by atoms with Crippen LogP contribution in [0.3, 0.4) is 0 Å². The highest BCUT2D eigenvalue weighted by Crippen LogP contribution is 2.35. The van der Waals surface area contributed by atoms with Crippen molar-refractivity contribution in [3.8, 4) is 0 Å². The van der Waals surface area contributed by atoms with Gasteiger partial charge in [-0.15, -0.1) is 11.3 Å². The zero-order valence-corrected chi connectivity index (χ0v) is 7.62. The molecule has 0 saturated heterocycles. The van der Waals surface area contributed by atoms with Crippen molar-refractivity contribution in [1.29, 1.82) is 0 Å². The molecule has 0 bridgehead atoms. The number of alkyl halides is 3. The molecule has 0 spiro atoms. The fraction of sp³-hybridized carbons (Fsp3) is 0.125. The Morgan fingerprint density at radius 1 is 1.29 bits per heavy atom. The van der Waals surface area contributed by atoms with Gasteiger partial charge in [0.2, 0.25) is 0 Å². The second kappa shape index (κ2) is 2.84. The maximum absolute atomic E-state index is 12.2. The summed E-state index contributed by atoms with van der Waals surface area (Å²) in [7, 11) is 0. The fourth-order valence-corrected chi connectivity index (χ4v) is 1.88. The third-order valence-electron chi connectivity index (χ3n) is 1.65. The number of nitrogens with two attached hydrogens (primary N) is 1. The van der Waals surface area contributed by atoms with E-state index < -0.39 is 11.2 Å². The van der Waals surface area contributed by atoms with Gasteiger partial charge in [0, 0.05) is 5.69 Å². The number of hydrogen-bond donors (Lipinski definition) is 1. The van der Waals surface area contributed by atoms with Gasteiger partial charge in [-0.2, -0.15) is 13.2 Å². The van der Waals surface area contributed by atoms with E-state index in [1.807, 2.05) is 0 Å². The minimum Gasteiger partial charge on any atom is -0.399 e. The van der Waals surface area contributed by atoms with Crippen molar-refractivity contribution in [2.24, 2.45) is 0 Å². The Morgan fingerprint density at radius 3 is 2.64 bits per heavy atom. The number of anilines is 1. The molecule has 74 valence electrons. The highest BCUT2D eigenvalue weighted by Gasteiger charge is 2.34. The smallest absolute Gasteiger partial charge is 0.399 e. The van der Waals surface area contributed by atoms with Crippen molar-refractivity contribution in [3.63, 3.8) is 0 Å². The molecule has 0 aliphatic carbocycles. The Bertz CT molecular complexity index is 475. The molecule has 0 unspecified atom stereocenters. The molecule has 0 amide bonds. The number of hydrogen-bond acceptors (Lipinski definition) is 3. The van der Waals surface area contributed by atoms with Gasteiger partial charge in [0.1, 0.15) is 0 Å². The highest BCUT2D eigenvalue weighted by molar-refractivity contribution is 7.18. The first-order valence-corrected chi connectivity index (χ1v) is 4.52. The molecule has 1 aromatic carbocycles. The predicted octanol–water partition coefficient (Wildman–Crippen LogP) is 2.90. The van der Waals surface area contributed by atoms with Crippen LogP contribution in [-0.2, 0) is 6.18 Å². The number of fused-ring (bicyclic) bond motifs is 1. The van der Waals surface area contributed by atoms with E-state index in [4.69, 9.17) is 5.73 Å². The maximum Gasteiger partial charge on any atom is 0.443 e. The number of thiazole rings is 1. The van der Waals surface area contributed by atoms with Crippen LogP contribution in [0.5, 0.6) is 0 Å². The van der Waals surface area contributed by atoms with Crippen LogP contribution in [0.15, 0.2) is 18.2 Å². The van der Waals surface area contributed by atoms with Crippen LogP contribution in [-0.4, -0.2) is 4.98 Å². The Hall–Kier alpha value is -1.30. The van der Waals surface area contributed by atoms with Crippen LogP contribution >= 0.6 is 11.3 Å². The van der Waals surface area contributed by atoms with Crippen molar-refractivity contribution < 1.29 is 13.2 Å². The first-order valence-electron chi connectivity index (χ1n) is 3.70. The van der Waals surface area contributed by atoms with Crippen LogP contribution in [0.1, 0.15) is 5.01 Å². The van der Waals surface area contributed by atoms with Crippen molar-refractivity contribution in [1.82, 2.24) is 4.98 Å². The van der Waals surface area contributed by atoms with E-state index in [1.165, 1.54) is 12.1 Å². The van der Waals surface area contributed by atoms with E-state index in [1.54, 1.807) is 6.07 Å². The van der Waals surface area contributed by atoms with Crippen molar-refractivity contribution in [2.75, 3.05) is 5.73 Å². The number of aromatic nitrogens is 1. The molecule has 2 aromatic rings. The van der Waals surface area contributed by atoms with Gasteiger partial charge < -0.3 is 5.73 Å². The van der Waals surface area contributed by atoms with E-state index in [-0.39, 0.29) is 0 Å². The van der Waals surface area contributed by atoms with Crippen molar-refractivity contribution in [3.05, 3.63) is 23.2 Å². The van der Waals surface area contributed by atoms with E-state index in [0.717, 1.165) is 0 Å². The average molecular weight is 218 g/mol. The van der Waals surface area contributed by atoms with Gasteiger partial charge in [-0.3, -0.25) is 0 Å². The monoisotopic (exact) mass is 218 g/mol. The zero-order valence-electron chi connectivity index (χ0n) is 6.80. The molecular weight excluding hydrogens is 213 g/mol. The van der Waals surface area contributed by atoms with E-state index in [2.05, 4.69) is 4.98 Å². The molecule has 0 fully saturated rings. The molecule has 0 aliphatic heterocycles. The lowest BCUT2D eigenvalue weighted by Gasteiger charge is -1.98. The Labute approximate surface area is 81.2 Å². The largest absolute Gasteiger partial charge is 0.443 e. The van der Waals surface area contributed by atoms with Gasteiger partial charge in [-0.25, -0.2) is 4.98 Å². The lowest BCUT2D eigenvalue weighted by atomic mass is 10.3. The topological polar surface area (TPSA) is 38.9 Å². The van der Waals surface area contributed by atoms with Crippen LogP contribution < -0.4 is 5.73 Å². The molecule has 0 radical (unpaired) electrons. The summed E-state index contributed by atoms with van der Waals surface area (Å²) >= 11 is 0.621. The first kappa shape index (κ1) is 9.26. The summed E-state index contributed by atoms with van der Waals surface area (Å²) in [4.78, 5) is 3.46. The highest BCUT2D eigenvalue weighted by atomic mass is 32.1. The summed E-state index contributed by atoms with van der Waals surface area (Å²) in [5.74, 6) is 0. The molecular formula is C8H5F3N2S. The molecule has 1 aromatic heterocycles. The Balaban J connectivity index is 2.63. The van der Waals surface area contributed by atoms with Gasteiger partial charge in [0.25, 0.3) is 0 Å². The molecule has 6 heteroatoms. The second-order valence-corrected chi connectivity index (χ2v) is 3.77. The summed E-state index contributed by atoms with van der Waals surface area (Å²) in [6.07, 6.45) is -4.38. The molecule has 14 heavy (non-hydrogen) atoms. The number of benzene rings is 1. The average Bonchev–Trinajstić information content (AvgIpc) is 2.45. The molecule has 2 N–H and O–H groups in total. The maximum atomic E-state index is 12.2. The molecule has 2 nitrogen and oxygen atoms in total. The minimum absolute atomic E-state index is 0.294. The third kappa shape index (κ3) is 1.52. The number of nitrogen functional groups attached to an aromatic ring is 1. The molecule has 0 aliphatic rings. The van der Waals surface area contributed by atoms with E-state index in [0.29, 0.717) is 27.2 Å². The van der Waals surface area contributed by atoms with Gasteiger partial charge in [0.15, 0.2) is 5.01 Å². The number of nitrogens with zero attached hydrogens (tertiary/aromatic N) is 1. The summed E-state index contributed by atoms with van der Waals surface area (Å²) in [6.45, 7) is 0. The van der Waals surface area contributed by atoms with Gasteiger partial charge in [0.05, 0.1) is 10.2 Å². The minimum atomic E-state index is -4.38. The first-order chi connectivity index (χ1) is 6.47. The lowest BCUT2D eigenvalue weighted by molar-refractivity contribution is -0.137. The van der Waals surface area contributed by atoms with Crippen LogP contribution in [0.4, 0.5) is 18.9 Å². The normalized spacial score (nSPS) is 12.2. The van der Waals surface area contributed by atoms with Crippen LogP contribution in [0, 0.1) is 0 Å². The SMILES string of the molecule is Nc1ccc2sc(C(F)(F)F)nc2c1. The molecule has 2 rings (SSSR count). The van der Waals surface area contributed by atoms with E-state index >= 15 is 0 Å². The van der Waals surface area contributed by atoms with Gasteiger partial charge >= 0.3 is 6.18 Å². The van der Waals surface area contributed by atoms with Crippen LogP contribution in [0.2, 0.25) is 0 Å². The third-order valence-corrected chi connectivity index (χ3v) is 2.74. The standard InChI is InChI=1S/C8H5F3N2S/c9-8(10,11)7-13-5-3-4(12)1-2-6(5)14-7/h1-3H,12H2.